The fourth-order valence-corrected chi connectivity index (χ4v) is 1.27. The van der Waals surface area contributed by atoms with Gasteiger partial charge in [0.1, 0.15) is 6.04 Å². The van der Waals surface area contributed by atoms with Crippen LogP contribution in [0.15, 0.2) is 12.4 Å². The van der Waals surface area contributed by atoms with E-state index in [4.69, 9.17) is 0 Å². The van der Waals surface area contributed by atoms with E-state index in [-0.39, 0.29) is 12.0 Å². The Morgan fingerprint density at radius 3 is 2.75 bits per heavy atom. The zero-order valence-corrected chi connectivity index (χ0v) is 9.86. The van der Waals surface area contributed by atoms with Gasteiger partial charge in [-0.15, -0.1) is 0 Å². The standard InChI is InChI=1S/C11H17N3O2/c1-4-10(11(15)16-3)14-7-9-6-12-8(2)5-13-9/h5-6,10,14H,4,7H2,1-3H3. The Bertz CT molecular complexity index is 338. The molecule has 88 valence electrons. The van der Waals surface area contributed by atoms with E-state index in [9.17, 15) is 4.79 Å². The van der Waals surface area contributed by atoms with Gasteiger partial charge in [-0.1, -0.05) is 6.92 Å². The Kier molecular flexibility index (Phi) is 4.85. The fraction of sp³-hybridized carbons (Fsp3) is 0.545. The molecule has 5 heteroatoms. The van der Waals surface area contributed by atoms with Crippen LogP contribution in [0, 0.1) is 6.92 Å². The van der Waals surface area contributed by atoms with Crippen molar-refractivity contribution in [1.29, 1.82) is 0 Å². The van der Waals surface area contributed by atoms with Gasteiger partial charge < -0.3 is 4.74 Å². The number of aryl methyl sites for hydroxylation is 1. The van der Waals surface area contributed by atoms with Crippen molar-refractivity contribution < 1.29 is 9.53 Å². The van der Waals surface area contributed by atoms with Gasteiger partial charge >= 0.3 is 5.97 Å². The van der Waals surface area contributed by atoms with Crippen molar-refractivity contribution >= 4 is 5.97 Å². The van der Waals surface area contributed by atoms with Crippen molar-refractivity contribution in [2.24, 2.45) is 0 Å². The lowest BCUT2D eigenvalue weighted by molar-refractivity contribution is -0.143. The molecule has 0 saturated carbocycles. The van der Waals surface area contributed by atoms with Crippen LogP contribution in [0.25, 0.3) is 0 Å². The number of nitrogens with zero attached hydrogens (tertiary/aromatic N) is 2. The summed E-state index contributed by atoms with van der Waals surface area (Å²) in [4.78, 5) is 19.6. The van der Waals surface area contributed by atoms with E-state index in [1.165, 1.54) is 7.11 Å². The molecule has 0 aliphatic heterocycles. The average Bonchev–Trinajstić information content (AvgIpc) is 2.31. The van der Waals surface area contributed by atoms with Crippen molar-refractivity contribution in [1.82, 2.24) is 15.3 Å². The molecule has 1 atom stereocenters. The topological polar surface area (TPSA) is 64.1 Å². The summed E-state index contributed by atoms with van der Waals surface area (Å²) < 4.78 is 4.67. The first-order chi connectivity index (χ1) is 7.67. The normalized spacial score (nSPS) is 12.2. The lowest BCUT2D eigenvalue weighted by Gasteiger charge is -2.13. The van der Waals surface area contributed by atoms with E-state index in [1.807, 2.05) is 13.8 Å². The molecule has 1 aromatic heterocycles. The predicted octanol–water partition coefficient (Wildman–Crippen LogP) is 0.826. The summed E-state index contributed by atoms with van der Waals surface area (Å²) in [6.45, 7) is 4.32. The first kappa shape index (κ1) is 12.6. The molecule has 0 saturated heterocycles. The number of hydrogen-bond donors (Lipinski definition) is 1. The molecule has 0 spiro atoms. The molecule has 5 nitrogen and oxygen atoms in total. The highest BCUT2D eigenvalue weighted by atomic mass is 16.5. The van der Waals surface area contributed by atoms with Crippen LogP contribution in [-0.4, -0.2) is 29.1 Å². The third kappa shape index (κ3) is 3.58. The zero-order valence-electron chi connectivity index (χ0n) is 9.86. The highest BCUT2D eigenvalue weighted by Gasteiger charge is 2.15. The van der Waals surface area contributed by atoms with Crippen molar-refractivity contribution in [2.75, 3.05) is 7.11 Å². The summed E-state index contributed by atoms with van der Waals surface area (Å²) in [5.74, 6) is -0.248. The molecule has 1 aromatic rings. The molecule has 0 fully saturated rings. The molecule has 0 aromatic carbocycles. The number of esters is 1. The monoisotopic (exact) mass is 223 g/mol. The predicted molar refractivity (Wildman–Crippen MR) is 59.7 cm³/mol. The highest BCUT2D eigenvalue weighted by Crippen LogP contribution is 1.98. The molecule has 1 unspecified atom stereocenters. The fourth-order valence-electron chi connectivity index (χ4n) is 1.27. The summed E-state index contributed by atoms with van der Waals surface area (Å²) in [7, 11) is 1.39. The van der Waals surface area contributed by atoms with Crippen LogP contribution in [0.1, 0.15) is 24.7 Å². The SMILES string of the molecule is CCC(NCc1cnc(C)cn1)C(=O)OC. The van der Waals surface area contributed by atoms with Crippen LogP contribution in [0.3, 0.4) is 0 Å². The van der Waals surface area contributed by atoms with E-state index in [0.29, 0.717) is 13.0 Å². The maximum absolute atomic E-state index is 11.3. The third-order valence-electron chi connectivity index (χ3n) is 2.26. The molecule has 16 heavy (non-hydrogen) atoms. The number of nitrogens with one attached hydrogen (secondary N) is 1. The minimum absolute atomic E-state index is 0.248. The van der Waals surface area contributed by atoms with E-state index >= 15 is 0 Å². The van der Waals surface area contributed by atoms with Gasteiger partial charge in [-0.2, -0.15) is 0 Å². The second-order valence-electron chi connectivity index (χ2n) is 3.51. The van der Waals surface area contributed by atoms with Crippen LogP contribution in [0.5, 0.6) is 0 Å². The van der Waals surface area contributed by atoms with Crippen LogP contribution in [0.2, 0.25) is 0 Å². The smallest absolute Gasteiger partial charge is 0.322 e. The summed E-state index contributed by atoms with van der Waals surface area (Å²) >= 11 is 0. The van der Waals surface area contributed by atoms with Crippen LogP contribution in [-0.2, 0) is 16.1 Å². The molecule has 1 N–H and O–H groups in total. The van der Waals surface area contributed by atoms with Gasteiger partial charge in [0, 0.05) is 18.9 Å². The first-order valence-electron chi connectivity index (χ1n) is 5.26. The maximum Gasteiger partial charge on any atom is 0.322 e. The van der Waals surface area contributed by atoms with E-state index in [2.05, 4.69) is 20.0 Å². The van der Waals surface area contributed by atoms with Crippen LogP contribution in [0.4, 0.5) is 0 Å². The molecule has 0 radical (unpaired) electrons. The summed E-state index contributed by atoms with van der Waals surface area (Å²) in [5, 5.41) is 3.08. The minimum atomic E-state index is -0.284. The Balaban J connectivity index is 2.49. The maximum atomic E-state index is 11.3. The number of carbonyl (C=O) groups excluding carboxylic acids is 1. The molecule has 1 rings (SSSR count). The lowest BCUT2D eigenvalue weighted by Crippen LogP contribution is -2.36. The Labute approximate surface area is 95.3 Å². The van der Waals surface area contributed by atoms with Gasteiger partial charge in [-0.05, 0) is 13.3 Å². The molecule has 1 heterocycles. The minimum Gasteiger partial charge on any atom is -0.468 e. The van der Waals surface area contributed by atoms with Gasteiger partial charge in [0.05, 0.1) is 18.5 Å². The molecule has 0 amide bonds. The molecule has 0 aliphatic carbocycles. The third-order valence-corrected chi connectivity index (χ3v) is 2.26. The Hall–Kier alpha value is -1.49. The van der Waals surface area contributed by atoms with E-state index in [0.717, 1.165) is 11.4 Å². The second kappa shape index (κ2) is 6.17. The van der Waals surface area contributed by atoms with Crippen molar-refractivity contribution in [3.05, 3.63) is 23.8 Å². The number of ether oxygens (including phenoxy) is 1. The number of aromatic nitrogens is 2. The number of rotatable bonds is 5. The van der Waals surface area contributed by atoms with Gasteiger partial charge in [-0.3, -0.25) is 20.1 Å². The van der Waals surface area contributed by atoms with Crippen molar-refractivity contribution in [3.63, 3.8) is 0 Å². The summed E-state index contributed by atoms with van der Waals surface area (Å²) in [6.07, 6.45) is 4.09. The van der Waals surface area contributed by atoms with Crippen LogP contribution >= 0.6 is 0 Å². The molecule has 0 bridgehead atoms. The van der Waals surface area contributed by atoms with Gasteiger partial charge in [-0.25, -0.2) is 0 Å². The summed E-state index contributed by atoms with van der Waals surface area (Å²) in [6, 6.07) is -0.284. The lowest BCUT2D eigenvalue weighted by atomic mass is 10.2. The molecular weight excluding hydrogens is 206 g/mol. The number of carbonyl (C=O) groups is 1. The molecule has 0 aliphatic rings. The Morgan fingerprint density at radius 1 is 1.50 bits per heavy atom. The van der Waals surface area contributed by atoms with Crippen molar-refractivity contribution in [3.8, 4) is 0 Å². The number of methoxy groups -OCH3 is 1. The van der Waals surface area contributed by atoms with Gasteiger partial charge in [0.2, 0.25) is 0 Å². The second-order valence-corrected chi connectivity index (χ2v) is 3.51. The Morgan fingerprint density at radius 2 is 2.25 bits per heavy atom. The zero-order chi connectivity index (χ0) is 12.0. The average molecular weight is 223 g/mol. The molecular formula is C11H17N3O2. The number of hydrogen-bond acceptors (Lipinski definition) is 5. The van der Waals surface area contributed by atoms with Gasteiger partial charge in [0.25, 0.3) is 0 Å². The highest BCUT2D eigenvalue weighted by molar-refractivity contribution is 5.75. The van der Waals surface area contributed by atoms with Gasteiger partial charge in [0.15, 0.2) is 0 Å². The van der Waals surface area contributed by atoms with Crippen molar-refractivity contribution in [2.45, 2.75) is 32.9 Å². The summed E-state index contributed by atoms with van der Waals surface area (Å²) in [5.41, 5.74) is 1.69. The largest absolute Gasteiger partial charge is 0.468 e. The quantitative estimate of drug-likeness (QED) is 0.749. The van der Waals surface area contributed by atoms with Crippen LogP contribution < -0.4 is 5.32 Å². The van der Waals surface area contributed by atoms with E-state index < -0.39 is 0 Å². The van der Waals surface area contributed by atoms with E-state index in [1.54, 1.807) is 12.4 Å². The first-order valence-corrected chi connectivity index (χ1v) is 5.26.